The molecule has 4 aromatic carbocycles. The Kier molecular flexibility index (Phi) is 9.39. The second kappa shape index (κ2) is 13.0. The summed E-state index contributed by atoms with van der Waals surface area (Å²) in [6, 6.07) is 26.9. The molecule has 0 saturated heterocycles. The van der Waals surface area contributed by atoms with Gasteiger partial charge in [0.15, 0.2) is 0 Å². The van der Waals surface area contributed by atoms with E-state index in [1.165, 1.54) is 0 Å². The number of aryl methyl sites for hydroxylation is 2. The number of rotatable bonds is 7. The summed E-state index contributed by atoms with van der Waals surface area (Å²) in [5, 5.41) is 5.27. The van der Waals surface area contributed by atoms with Crippen molar-refractivity contribution >= 4 is 63.7 Å². The van der Waals surface area contributed by atoms with E-state index in [0.717, 1.165) is 39.3 Å². The first-order valence-corrected chi connectivity index (χ1v) is 15.2. The van der Waals surface area contributed by atoms with Crippen LogP contribution in [-0.2, 0) is 9.53 Å². The molecular weight excluding hydrogens is 610 g/mol. The fraction of sp³-hybridized carbons (Fsp3) is 0.206. The number of carbonyl (C=O) groups is 1. The summed E-state index contributed by atoms with van der Waals surface area (Å²) in [5.74, 6) is -0.405. The Labute approximate surface area is 266 Å². The number of halogens is 4. The lowest BCUT2D eigenvalue weighted by Crippen LogP contribution is -2.41. The molecule has 1 heterocycles. The third-order valence-electron chi connectivity index (χ3n) is 7.38. The van der Waals surface area contributed by atoms with Gasteiger partial charge in [0.25, 0.3) is 0 Å². The van der Waals surface area contributed by atoms with Crippen LogP contribution in [-0.4, -0.2) is 12.6 Å². The van der Waals surface area contributed by atoms with Crippen molar-refractivity contribution in [3.63, 3.8) is 0 Å². The van der Waals surface area contributed by atoms with Crippen LogP contribution in [0.25, 0.3) is 0 Å². The normalized spacial score (nSPS) is 16.9. The Morgan fingerprint density at radius 3 is 1.93 bits per heavy atom. The van der Waals surface area contributed by atoms with Crippen LogP contribution in [0.3, 0.4) is 0 Å². The van der Waals surface area contributed by atoms with E-state index in [2.05, 4.69) is 53.5 Å². The number of hydrogen-bond donors (Lipinski definition) is 1. The first kappa shape index (κ1) is 30.3. The van der Waals surface area contributed by atoms with E-state index in [1.807, 2.05) is 37.3 Å². The standard InChI is InChI=1S/C34H30Cl4N2O2/c1-4-42-34(41)32-30(39-24-13-15-26(35)28(37)17-24)19-31(22-9-5-20(2)6-10-22)40(25-14-16-27(36)29(38)18-25)33(32)23-11-7-21(3)8-12-23/h5-18,31,33,39H,4,19H2,1-3H3. The van der Waals surface area contributed by atoms with E-state index in [0.29, 0.717) is 32.1 Å². The quantitative estimate of drug-likeness (QED) is 0.204. The summed E-state index contributed by atoms with van der Waals surface area (Å²) in [4.78, 5) is 16.2. The number of ether oxygens (including phenoxy) is 1. The van der Waals surface area contributed by atoms with Gasteiger partial charge < -0.3 is 15.0 Å². The van der Waals surface area contributed by atoms with Gasteiger partial charge in [-0.25, -0.2) is 4.79 Å². The molecule has 1 aliphatic rings. The number of anilines is 2. The molecule has 0 saturated carbocycles. The average molecular weight is 640 g/mol. The molecule has 2 unspecified atom stereocenters. The fourth-order valence-electron chi connectivity index (χ4n) is 5.31. The number of carbonyl (C=O) groups excluding carboxylic acids is 1. The number of nitrogens with zero attached hydrogens (tertiary/aromatic N) is 1. The third-order valence-corrected chi connectivity index (χ3v) is 8.85. The van der Waals surface area contributed by atoms with Gasteiger partial charge in [-0.15, -0.1) is 0 Å². The zero-order chi connectivity index (χ0) is 30.0. The molecule has 4 aromatic rings. The van der Waals surface area contributed by atoms with Crippen LogP contribution in [0.1, 0.15) is 47.7 Å². The molecule has 8 heteroatoms. The molecule has 1 aliphatic heterocycles. The Morgan fingerprint density at radius 2 is 1.36 bits per heavy atom. The molecular formula is C34H30Cl4N2O2. The average Bonchev–Trinajstić information content (AvgIpc) is 2.97. The highest BCUT2D eigenvalue weighted by molar-refractivity contribution is 6.42. The lowest BCUT2D eigenvalue weighted by atomic mass is 9.83. The summed E-state index contributed by atoms with van der Waals surface area (Å²) < 4.78 is 5.69. The van der Waals surface area contributed by atoms with Crippen molar-refractivity contribution in [3.05, 3.63) is 139 Å². The fourth-order valence-corrected chi connectivity index (χ4v) is 5.90. The van der Waals surface area contributed by atoms with Gasteiger partial charge in [-0.3, -0.25) is 0 Å². The van der Waals surface area contributed by atoms with Crippen LogP contribution in [0.5, 0.6) is 0 Å². The molecule has 0 aliphatic carbocycles. The van der Waals surface area contributed by atoms with Gasteiger partial charge in [0.2, 0.25) is 0 Å². The Balaban J connectivity index is 1.79. The predicted octanol–water partition coefficient (Wildman–Crippen LogP) is 10.5. The highest BCUT2D eigenvalue weighted by Gasteiger charge is 2.42. The van der Waals surface area contributed by atoms with Crippen LogP contribution >= 0.6 is 46.4 Å². The monoisotopic (exact) mass is 638 g/mol. The van der Waals surface area contributed by atoms with Crippen molar-refractivity contribution in [2.75, 3.05) is 16.8 Å². The zero-order valence-corrected chi connectivity index (χ0v) is 26.5. The van der Waals surface area contributed by atoms with E-state index in [-0.39, 0.29) is 12.6 Å². The van der Waals surface area contributed by atoms with E-state index < -0.39 is 12.0 Å². The van der Waals surface area contributed by atoms with Gasteiger partial charge >= 0.3 is 5.97 Å². The minimum atomic E-state index is -0.521. The molecule has 0 bridgehead atoms. The molecule has 42 heavy (non-hydrogen) atoms. The first-order valence-electron chi connectivity index (χ1n) is 13.6. The lowest BCUT2D eigenvalue weighted by molar-refractivity contribution is -0.139. The molecule has 0 radical (unpaired) electrons. The van der Waals surface area contributed by atoms with E-state index in [4.69, 9.17) is 51.1 Å². The highest BCUT2D eigenvalue weighted by atomic mass is 35.5. The van der Waals surface area contributed by atoms with Crippen molar-refractivity contribution in [2.45, 2.75) is 39.3 Å². The van der Waals surface area contributed by atoms with Crippen molar-refractivity contribution in [1.82, 2.24) is 0 Å². The van der Waals surface area contributed by atoms with Crippen LogP contribution in [0.2, 0.25) is 20.1 Å². The number of esters is 1. The third kappa shape index (κ3) is 6.43. The second-order valence-electron chi connectivity index (χ2n) is 10.3. The number of benzene rings is 4. The summed E-state index contributed by atoms with van der Waals surface area (Å²) in [6.07, 6.45) is 0.472. The molecule has 2 atom stereocenters. The van der Waals surface area contributed by atoms with Crippen molar-refractivity contribution in [2.24, 2.45) is 0 Å². The molecule has 216 valence electrons. The van der Waals surface area contributed by atoms with Gasteiger partial charge in [0.1, 0.15) is 0 Å². The van der Waals surface area contributed by atoms with Gasteiger partial charge in [0.05, 0.1) is 44.4 Å². The molecule has 1 N–H and O–H groups in total. The van der Waals surface area contributed by atoms with Crippen LogP contribution in [0, 0.1) is 13.8 Å². The minimum absolute atomic E-state index is 0.183. The lowest BCUT2D eigenvalue weighted by Gasteiger charge is -2.46. The van der Waals surface area contributed by atoms with Crippen molar-refractivity contribution < 1.29 is 9.53 Å². The summed E-state index contributed by atoms with van der Waals surface area (Å²) in [6.45, 7) is 6.14. The zero-order valence-electron chi connectivity index (χ0n) is 23.4. The van der Waals surface area contributed by atoms with Crippen LogP contribution in [0.4, 0.5) is 11.4 Å². The molecule has 4 nitrogen and oxygen atoms in total. The van der Waals surface area contributed by atoms with E-state index in [9.17, 15) is 4.79 Å². The van der Waals surface area contributed by atoms with Gasteiger partial charge in [-0.2, -0.15) is 0 Å². The Hall–Kier alpha value is -3.15. The van der Waals surface area contributed by atoms with Gasteiger partial charge in [-0.05, 0) is 68.3 Å². The second-order valence-corrected chi connectivity index (χ2v) is 11.9. The summed E-state index contributed by atoms with van der Waals surface area (Å²) in [5.41, 5.74) is 7.07. The van der Waals surface area contributed by atoms with Crippen LogP contribution in [0.15, 0.2) is 96.2 Å². The van der Waals surface area contributed by atoms with Gasteiger partial charge in [-0.1, -0.05) is 106 Å². The summed E-state index contributed by atoms with van der Waals surface area (Å²) >= 11 is 25.5. The van der Waals surface area contributed by atoms with E-state index >= 15 is 0 Å². The highest BCUT2D eigenvalue weighted by Crippen LogP contribution is 2.49. The Bertz CT molecular complexity index is 1630. The van der Waals surface area contributed by atoms with E-state index in [1.54, 1.807) is 25.1 Å². The van der Waals surface area contributed by atoms with Gasteiger partial charge in [0, 0.05) is 23.5 Å². The maximum absolute atomic E-state index is 13.9. The SMILES string of the molecule is CCOC(=O)C1=C(Nc2ccc(Cl)c(Cl)c2)CC(c2ccc(C)cc2)N(c2ccc(Cl)c(Cl)c2)C1c1ccc(C)cc1. The minimum Gasteiger partial charge on any atom is -0.463 e. The summed E-state index contributed by atoms with van der Waals surface area (Å²) in [7, 11) is 0. The topological polar surface area (TPSA) is 41.6 Å². The maximum atomic E-state index is 13.9. The Morgan fingerprint density at radius 1 is 0.786 bits per heavy atom. The van der Waals surface area contributed by atoms with Crippen LogP contribution < -0.4 is 10.2 Å². The number of hydrogen-bond acceptors (Lipinski definition) is 4. The predicted molar refractivity (Wildman–Crippen MR) is 175 cm³/mol. The first-order chi connectivity index (χ1) is 20.2. The molecule has 0 fully saturated rings. The molecule has 0 amide bonds. The maximum Gasteiger partial charge on any atom is 0.338 e. The van der Waals surface area contributed by atoms with Crippen molar-refractivity contribution in [1.29, 1.82) is 0 Å². The largest absolute Gasteiger partial charge is 0.463 e. The molecule has 0 aromatic heterocycles. The molecule has 5 rings (SSSR count). The molecule has 0 spiro atoms. The smallest absolute Gasteiger partial charge is 0.338 e. The van der Waals surface area contributed by atoms with Crippen molar-refractivity contribution in [3.8, 4) is 0 Å². The number of nitrogens with one attached hydrogen (secondary N) is 1.